The molecule has 1 unspecified atom stereocenters. The molecule has 1 aliphatic rings. The Morgan fingerprint density at radius 1 is 1.67 bits per heavy atom. The van der Waals surface area contributed by atoms with E-state index in [0.29, 0.717) is 18.9 Å². The van der Waals surface area contributed by atoms with Gasteiger partial charge in [0, 0.05) is 24.8 Å². The summed E-state index contributed by atoms with van der Waals surface area (Å²) < 4.78 is 0. The molecule has 0 radical (unpaired) electrons. The van der Waals surface area contributed by atoms with Gasteiger partial charge in [0.2, 0.25) is 5.91 Å². The molecule has 100 valence electrons. The van der Waals surface area contributed by atoms with E-state index >= 15 is 0 Å². The first-order chi connectivity index (χ1) is 8.74. The van der Waals surface area contributed by atoms with Crippen LogP contribution in [0.2, 0.25) is 0 Å². The minimum atomic E-state index is 0.177. The summed E-state index contributed by atoms with van der Waals surface area (Å²) in [4.78, 5) is 16.1. The maximum Gasteiger partial charge on any atom is 0.220 e. The van der Waals surface area contributed by atoms with Crippen LogP contribution in [0.1, 0.15) is 30.0 Å². The molecule has 2 rings (SSSR count). The maximum absolute atomic E-state index is 11.7. The lowest BCUT2D eigenvalue weighted by atomic mass is 9.96. The molecule has 0 aliphatic carbocycles. The highest BCUT2D eigenvalue weighted by Crippen LogP contribution is 2.13. The Labute approximate surface area is 112 Å². The van der Waals surface area contributed by atoms with E-state index in [9.17, 15) is 4.79 Å². The van der Waals surface area contributed by atoms with Gasteiger partial charge in [-0.05, 0) is 38.8 Å². The Hall–Kier alpha value is -0.940. The molecule has 18 heavy (non-hydrogen) atoms. The minimum Gasteiger partial charge on any atom is -0.356 e. The lowest BCUT2D eigenvalue weighted by molar-refractivity contribution is -0.122. The molecule has 1 aliphatic heterocycles. The summed E-state index contributed by atoms with van der Waals surface area (Å²) in [7, 11) is 0. The fourth-order valence-electron chi connectivity index (χ4n) is 2.29. The van der Waals surface area contributed by atoms with Gasteiger partial charge in [-0.15, -0.1) is 11.3 Å². The Kier molecular flexibility index (Phi) is 5.13. The number of thiazole rings is 1. The molecule has 0 aromatic carbocycles. The van der Waals surface area contributed by atoms with E-state index in [0.717, 1.165) is 30.2 Å². The summed E-state index contributed by atoms with van der Waals surface area (Å²) in [6.45, 7) is 4.78. The summed E-state index contributed by atoms with van der Waals surface area (Å²) in [5.74, 6) is 0.691. The van der Waals surface area contributed by atoms with Crippen molar-refractivity contribution in [3.8, 4) is 0 Å². The molecular weight excluding hydrogens is 246 g/mol. The van der Waals surface area contributed by atoms with Gasteiger partial charge < -0.3 is 10.6 Å². The molecular formula is C13H21N3OS. The molecule has 2 N–H and O–H groups in total. The monoisotopic (exact) mass is 267 g/mol. The summed E-state index contributed by atoms with van der Waals surface area (Å²) in [5.41, 5.74) is 1.08. The van der Waals surface area contributed by atoms with Crippen molar-refractivity contribution < 1.29 is 4.79 Å². The highest BCUT2D eigenvalue weighted by Gasteiger charge is 2.16. The van der Waals surface area contributed by atoms with Crippen LogP contribution >= 0.6 is 11.3 Å². The smallest absolute Gasteiger partial charge is 0.220 e. The van der Waals surface area contributed by atoms with Crippen LogP contribution in [-0.2, 0) is 11.2 Å². The van der Waals surface area contributed by atoms with Crippen LogP contribution in [0.4, 0.5) is 0 Å². The van der Waals surface area contributed by atoms with E-state index in [2.05, 4.69) is 21.0 Å². The van der Waals surface area contributed by atoms with Crippen molar-refractivity contribution >= 4 is 17.2 Å². The number of piperidine rings is 1. The van der Waals surface area contributed by atoms with E-state index in [1.165, 1.54) is 12.8 Å². The van der Waals surface area contributed by atoms with Gasteiger partial charge in [-0.2, -0.15) is 0 Å². The quantitative estimate of drug-likeness (QED) is 0.850. The van der Waals surface area contributed by atoms with Crippen LogP contribution in [0.15, 0.2) is 5.38 Å². The van der Waals surface area contributed by atoms with Gasteiger partial charge >= 0.3 is 0 Å². The predicted molar refractivity (Wildman–Crippen MR) is 73.8 cm³/mol. The largest absolute Gasteiger partial charge is 0.356 e. The van der Waals surface area contributed by atoms with Crippen molar-refractivity contribution in [2.45, 2.75) is 32.6 Å². The number of hydrogen-bond donors (Lipinski definition) is 2. The maximum atomic E-state index is 11.7. The highest BCUT2D eigenvalue weighted by atomic mass is 32.1. The lowest BCUT2D eigenvalue weighted by Gasteiger charge is -2.22. The van der Waals surface area contributed by atoms with Crippen LogP contribution in [0.25, 0.3) is 0 Å². The average molecular weight is 267 g/mol. The van der Waals surface area contributed by atoms with Gasteiger partial charge in [0.1, 0.15) is 0 Å². The normalized spacial score (nSPS) is 19.7. The topological polar surface area (TPSA) is 54.0 Å². The van der Waals surface area contributed by atoms with Gasteiger partial charge in [-0.25, -0.2) is 4.98 Å². The van der Waals surface area contributed by atoms with E-state index in [-0.39, 0.29) is 5.91 Å². The summed E-state index contributed by atoms with van der Waals surface area (Å²) in [6, 6.07) is 0. The lowest BCUT2D eigenvalue weighted by Crippen LogP contribution is -2.34. The van der Waals surface area contributed by atoms with Crippen LogP contribution in [-0.4, -0.2) is 30.5 Å². The number of carbonyl (C=O) groups excluding carboxylic acids is 1. The third-order valence-electron chi connectivity index (χ3n) is 3.24. The third kappa shape index (κ3) is 4.38. The summed E-state index contributed by atoms with van der Waals surface area (Å²) in [6.07, 6.45) is 3.85. The number of amides is 1. The number of nitrogens with zero attached hydrogens (tertiary/aromatic N) is 1. The predicted octanol–water partition coefficient (Wildman–Crippen LogP) is 1.50. The van der Waals surface area contributed by atoms with Crippen molar-refractivity contribution in [2.24, 2.45) is 5.92 Å². The number of hydrogen-bond acceptors (Lipinski definition) is 4. The molecule has 0 bridgehead atoms. The molecule has 1 aromatic rings. The van der Waals surface area contributed by atoms with Crippen LogP contribution in [0.5, 0.6) is 0 Å². The van der Waals surface area contributed by atoms with Crippen molar-refractivity contribution in [1.29, 1.82) is 0 Å². The third-order valence-corrected chi connectivity index (χ3v) is 4.07. The van der Waals surface area contributed by atoms with Gasteiger partial charge in [0.25, 0.3) is 0 Å². The fraction of sp³-hybridized carbons (Fsp3) is 0.692. The molecule has 1 amide bonds. The number of rotatable bonds is 5. The average Bonchev–Trinajstić information content (AvgIpc) is 2.76. The summed E-state index contributed by atoms with van der Waals surface area (Å²) in [5, 5.41) is 9.47. The van der Waals surface area contributed by atoms with Gasteiger partial charge in [-0.3, -0.25) is 4.79 Å². The second-order valence-corrected chi connectivity index (χ2v) is 5.94. The second-order valence-electron chi connectivity index (χ2n) is 4.87. The zero-order valence-corrected chi connectivity index (χ0v) is 11.7. The van der Waals surface area contributed by atoms with Crippen LogP contribution in [0.3, 0.4) is 0 Å². The fourth-order valence-corrected chi connectivity index (χ4v) is 2.93. The highest BCUT2D eigenvalue weighted by molar-refractivity contribution is 7.09. The number of aromatic nitrogens is 1. The zero-order valence-electron chi connectivity index (χ0n) is 10.9. The zero-order chi connectivity index (χ0) is 12.8. The minimum absolute atomic E-state index is 0.177. The van der Waals surface area contributed by atoms with E-state index in [4.69, 9.17) is 0 Å². The molecule has 1 saturated heterocycles. The molecule has 2 heterocycles. The van der Waals surface area contributed by atoms with Crippen molar-refractivity contribution in [3.63, 3.8) is 0 Å². The Balaban J connectivity index is 1.62. The standard InChI is InChI=1S/C13H21N3OS/c1-10-16-12(9-18-10)4-6-15-13(17)7-11-3-2-5-14-8-11/h9,11,14H,2-8H2,1H3,(H,15,17). The Morgan fingerprint density at radius 2 is 2.56 bits per heavy atom. The molecule has 0 saturated carbocycles. The second kappa shape index (κ2) is 6.85. The number of carbonyl (C=O) groups is 1. The van der Waals surface area contributed by atoms with Crippen molar-refractivity contribution in [1.82, 2.24) is 15.6 Å². The first-order valence-electron chi connectivity index (χ1n) is 6.62. The molecule has 1 fully saturated rings. The Bertz CT molecular complexity index is 385. The van der Waals surface area contributed by atoms with Gasteiger partial charge in [0.05, 0.1) is 10.7 Å². The molecule has 5 heteroatoms. The van der Waals surface area contributed by atoms with Gasteiger partial charge in [-0.1, -0.05) is 0 Å². The van der Waals surface area contributed by atoms with E-state index in [1.54, 1.807) is 11.3 Å². The molecule has 1 atom stereocenters. The van der Waals surface area contributed by atoms with Gasteiger partial charge in [0.15, 0.2) is 0 Å². The SMILES string of the molecule is Cc1nc(CCNC(=O)CC2CCCNC2)cs1. The Morgan fingerprint density at radius 3 is 3.22 bits per heavy atom. The van der Waals surface area contributed by atoms with Crippen LogP contribution < -0.4 is 10.6 Å². The van der Waals surface area contributed by atoms with E-state index < -0.39 is 0 Å². The number of nitrogens with one attached hydrogen (secondary N) is 2. The molecule has 0 spiro atoms. The van der Waals surface area contributed by atoms with Crippen molar-refractivity contribution in [3.05, 3.63) is 16.1 Å². The summed E-state index contributed by atoms with van der Waals surface area (Å²) >= 11 is 1.66. The van der Waals surface area contributed by atoms with Crippen molar-refractivity contribution in [2.75, 3.05) is 19.6 Å². The first-order valence-corrected chi connectivity index (χ1v) is 7.50. The number of aryl methyl sites for hydroxylation is 1. The van der Waals surface area contributed by atoms with Crippen LogP contribution in [0, 0.1) is 12.8 Å². The van der Waals surface area contributed by atoms with E-state index in [1.807, 2.05) is 6.92 Å². The molecule has 4 nitrogen and oxygen atoms in total. The first kappa shape index (κ1) is 13.5. The molecule has 1 aromatic heterocycles.